The molecule has 3 aromatic rings. The molecule has 0 aliphatic carbocycles. The first kappa shape index (κ1) is 12.9. The first-order valence-electron chi connectivity index (χ1n) is 6.39. The summed E-state index contributed by atoms with van der Waals surface area (Å²) in [7, 11) is 0. The fourth-order valence-corrected chi connectivity index (χ4v) is 2.00. The Balaban J connectivity index is 1.72. The lowest BCUT2D eigenvalue weighted by molar-refractivity contribution is -0.116. The number of benzene rings is 1. The predicted octanol–water partition coefficient (Wildman–Crippen LogP) is 1.49. The number of hydrogen-bond donors (Lipinski definition) is 3. The van der Waals surface area contributed by atoms with Crippen LogP contribution in [-0.4, -0.2) is 25.9 Å². The molecule has 7 nitrogen and oxygen atoms in total. The summed E-state index contributed by atoms with van der Waals surface area (Å²) in [6.07, 6.45) is 5.08. The second kappa shape index (κ2) is 5.49. The molecule has 0 unspecified atom stereocenters. The lowest BCUT2D eigenvalue weighted by atomic mass is 10.1. The van der Waals surface area contributed by atoms with Crippen molar-refractivity contribution in [2.24, 2.45) is 0 Å². The van der Waals surface area contributed by atoms with Crippen LogP contribution < -0.4 is 11.1 Å². The highest BCUT2D eigenvalue weighted by atomic mass is 16.2. The smallest absolute Gasteiger partial charge is 0.246 e. The summed E-state index contributed by atoms with van der Waals surface area (Å²) in [6.45, 7) is 0.0781. The molecule has 0 aliphatic rings. The molecule has 4 N–H and O–H groups in total. The average molecular weight is 282 g/mol. The Bertz CT molecular complexity index is 746. The predicted molar refractivity (Wildman–Crippen MR) is 79.3 cm³/mol. The van der Waals surface area contributed by atoms with Crippen LogP contribution in [0.1, 0.15) is 0 Å². The highest BCUT2D eigenvalue weighted by molar-refractivity contribution is 5.91. The Morgan fingerprint density at radius 2 is 2.24 bits per heavy atom. The summed E-state index contributed by atoms with van der Waals surface area (Å²) in [5.74, 6) is 0.270. The van der Waals surface area contributed by atoms with Crippen molar-refractivity contribution < 1.29 is 4.79 Å². The maximum atomic E-state index is 12.0. The number of carbonyl (C=O) groups is 1. The molecule has 0 aliphatic heterocycles. The number of rotatable bonds is 4. The Hall–Kier alpha value is -3.09. The van der Waals surface area contributed by atoms with Gasteiger partial charge in [0.15, 0.2) is 0 Å². The molecule has 0 saturated heterocycles. The van der Waals surface area contributed by atoms with E-state index < -0.39 is 0 Å². The molecule has 2 aromatic heterocycles. The third-order valence-corrected chi connectivity index (χ3v) is 3.02. The summed E-state index contributed by atoms with van der Waals surface area (Å²) in [4.78, 5) is 12.0. The number of H-pyrrole nitrogens is 1. The van der Waals surface area contributed by atoms with E-state index >= 15 is 0 Å². The molecule has 1 amide bonds. The molecule has 0 radical (unpaired) electrons. The lowest BCUT2D eigenvalue weighted by Gasteiger charge is -2.07. The zero-order chi connectivity index (χ0) is 14.7. The normalized spacial score (nSPS) is 10.5. The zero-order valence-corrected chi connectivity index (χ0v) is 11.2. The number of hydrogen-bond acceptors (Lipinski definition) is 4. The van der Waals surface area contributed by atoms with Crippen LogP contribution in [0.5, 0.6) is 0 Å². The number of nitrogens with one attached hydrogen (secondary N) is 2. The SMILES string of the molecule is Nc1ccnn1CC(=O)Nc1cccc(-c2cn[nH]c2)c1. The molecular weight excluding hydrogens is 268 g/mol. The number of nitrogens with two attached hydrogens (primary N) is 1. The van der Waals surface area contributed by atoms with E-state index in [1.807, 2.05) is 24.3 Å². The quantitative estimate of drug-likeness (QED) is 0.674. The van der Waals surface area contributed by atoms with Crippen LogP contribution in [0.2, 0.25) is 0 Å². The van der Waals surface area contributed by atoms with Crippen molar-refractivity contribution in [1.29, 1.82) is 0 Å². The minimum Gasteiger partial charge on any atom is -0.384 e. The summed E-state index contributed by atoms with van der Waals surface area (Å²) in [5.41, 5.74) is 8.33. The number of nitrogens with zero attached hydrogens (tertiary/aromatic N) is 3. The van der Waals surface area contributed by atoms with Gasteiger partial charge in [0.2, 0.25) is 5.91 Å². The Kier molecular flexibility index (Phi) is 3.38. The van der Waals surface area contributed by atoms with E-state index in [0.717, 1.165) is 11.1 Å². The second-order valence-corrected chi connectivity index (χ2v) is 4.53. The van der Waals surface area contributed by atoms with Gasteiger partial charge in [0.25, 0.3) is 0 Å². The van der Waals surface area contributed by atoms with Crippen LogP contribution in [0.4, 0.5) is 11.5 Å². The van der Waals surface area contributed by atoms with E-state index in [1.54, 1.807) is 24.7 Å². The van der Waals surface area contributed by atoms with Crippen molar-refractivity contribution in [1.82, 2.24) is 20.0 Å². The maximum Gasteiger partial charge on any atom is 0.246 e. The Morgan fingerprint density at radius 3 is 2.95 bits per heavy atom. The average Bonchev–Trinajstić information content (AvgIpc) is 3.12. The topological polar surface area (TPSA) is 102 Å². The minimum absolute atomic E-state index is 0.0781. The van der Waals surface area contributed by atoms with E-state index in [0.29, 0.717) is 11.5 Å². The van der Waals surface area contributed by atoms with Gasteiger partial charge in [-0.05, 0) is 23.8 Å². The van der Waals surface area contributed by atoms with Gasteiger partial charge in [-0.3, -0.25) is 9.89 Å². The molecule has 0 spiro atoms. The number of carbonyl (C=O) groups excluding carboxylic acids is 1. The van der Waals surface area contributed by atoms with Gasteiger partial charge in [0.05, 0.1) is 12.4 Å². The molecule has 3 rings (SSSR count). The number of aromatic amines is 1. The van der Waals surface area contributed by atoms with Crippen LogP contribution in [0.25, 0.3) is 11.1 Å². The fraction of sp³-hybridized carbons (Fsp3) is 0.0714. The molecule has 2 heterocycles. The summed E-state index contributed by atoms with van der Waals surface area (Å²) in [6, 6.07) is 9.18. The first-order valence-corrected chi connectivity index (χ1v) is 6.39. The second-order valence-electron chi connectivity index (χ2n) is 4.53. The fourth-order valence-electron chi connectivity index (χ4n) is 2.00. The summed E-state index contributed by atoms with van der Waals surface area (Å²) in [5, 5.41) is 13.5. The van der Waals surface area contributed by atoms with E-state index in [2.05, 4.69) is 20.6 Å². The molecule has 7 heteroatoms. The van der Waals surface area contributed by atoms with Gasteiger partial charge in [-0.15, -0.1) is 0 Å². The van der Waals surface area contributed by atoms with Crippen molar-refractivity contribution in [2.45, 2.75) is 6.54 Å². The number of amides is 1. The highest BCUT2D eigenvalue weighted by Gasteiger charge is 2.07. The van der Waals surface area contributed by atoms with Gasteiger partial charge >= 0.3 is 0 Å². The third-order valence-electron chi connectivity index (χ3n) is 3.02. The first-order chi connectivity index (χ1) is 10.2. The molecule has 0 saturated carbocycles. The van der Waals surface area contributed by atoms with Gasteiger partial charge in [-0.1, -0.05) is 12.1 Å². The van der Waals surface area contributed by atoms with E-state index in [-0.39, 0.29) is 12.5 Å². The van der Waals surface area contributed by atoms with Gasteiger partial charge in [-0.25, -0.2) is 4.68 Å². The van der Waals surface area contributed by atoms with Crippen LogP contribution in [-0.2, 0) is 11.3 Å². The standard InChI is InChI=1S/C14H14N6O/c15-13-4-5-18-20(13)9-14(21)19-12-3-1-2-10(6-12)11-7-16-17-8-11/h1-8H,9,15H2,(H,16,17)(H,19,21). The molecule has 106 valence electrons. The van der Waals surface area contributed by atoms with E-state index in [9.17, 15) is 4.79 Å². The third kappa shape index (κ3) is 2.92. The zero-order valence-electron chi connectivity index (χ0n) is 11.2. The van der Waals surface area contributed by atoms with Crippen molar-refractivity contribution in [3.63, 3.8) is 0 Å². The molecule has 1 aromatic carbocycles. The highest BCUT2D eigenvalue weighted by Crippen LogP contribution is 2.21. The molecule has 0 bridgehead atoms. The Morgan fingerprint density at radius 1 is 1.33 bits per heavy atom. The van der Waals surface area contributed by atoms with Crippen molar-refractivity contribution >= 4 is 17.4 Å². The van der Waals surface area contributed by atoms with Crippen LogP contribution in [0.15, 0.2) is 48.9 Å². The largest absolute Gasteiger partial charge is 0.384 e. The van der Waals surface area contributed by atoms with Crippen LogP contribution >= 0.6 is 0 Å². The molecule has 0 atom stereocenters. The summed E-state index contributed by atoms with van der Waals surface area (Å²) >= 11 is 0. The van der Waals surface area contributed by atoms with Crippen molar-refractivity contribution in [2.75, 3.05) is 11.1 Å². The van der Waals surface area contributed by atoms with Crippen LogP contribution in [0.3, 0.4) is 0 Å². The maximum absolute atomic E-state index is 12.0. The number of nitrogen functional groups attached to an aromatic ring is 1. The van der Waals surface area contributed by atoms with Gasteiger partial charge in [0, 0.05) is 17.4 Å². The van der Waals surface area contributed by atoms with E-state index in [1.165, 1.54) is 4.68 Å². The van der Waals surface area contributed by atoms with Crippen LogP contribution in [0, 0.1) is 0 Å². The number of anilines is 2. The number of aromatic nitrogens is 4. The molecular formula is C14H14N6O. The van der Waals surface area contributed by atoms with Gasteiger partial charge < -0.3 is 11.1 Å². The Labute approximate surface area is 120 Å². The molecule has 21 heavy (non-hydrogen) atoms. The van der Waals surface area contributed by atoms with Gasteiger partial charge in [-0.2, -0.15) is 10.2 Å². The van der Waals surface area contributed by atoms with Crippen molar-refractivity contribution in [3.8, 4) is 11.1 Å². The van der Waals surface area contributed by atoms with Gasteiger partial charge in [0.1, 0.15) is 12.4 Å². The lowest BCUT2D eigenvalue weighted by Crippen LogP contribution is -2.20. The van der Waals surface area contributed by atoms with E-state index in [4.69, 9.17) is 5.73 Å². The monoisotopic (exact) mass is 282 g/mol. The summed E-state index contributed by atoms with van der Waals surface area (Å²) < 4.78 is 1.44. The molecule has 0 fully saturated rings. The van der Waals surface area contributed by atoms with Crippen molar-refractivity contribution in [3.05, 3.63) is 48.9 Å². The minimum atomic E-state index is -0.185.